The van der Waals surface area contributed by atoms with Crippen LogP contribution in [0.2, 0.25) is 0 Å². The summed E-state index contributed by atoms with van der Waals surface area (Å²) >= 11 is 0. The van der Waals surface area contributed by atoms with Gasteiger partial charge in [-0.15, -0.1) is 0 Å². The van der Waals surface area contributed by atoms with E-state index in [-0.39, 0.29) is 5.92 Å². The molecular weight excluding hydrogens is 200 g/mol. The zero-order chi connectivity index (χ0) is 12.3. The molecule has 1 atom stereocenters. The van der Waals surface area contributed by atoms with Crippen molar-refractivity contribution in [3.8, 4) is 11.8 Å². The highest BCUT2D eigenvalue weighted by molar-refractivity contribution is 5.86. The van der Waals surface area contributed by atoms with Gasteiger partial charge in [0.1, 0.15) is 0 Å². The lowest BCUT2D eigenvalue weighted by molar-refractivity contribution is -0.130. The van der Waals surface area contributed by atoms with Crippen molar-refractivity contribution in [1.29, 1.82) is 0 Å². The Morgan fingerprint density at radius 3 is 2.07 bits per heavy atom. The number of carbonyl (C=O) groups is 2. The van der Waals surface area contributed by atoms with E-state index in [4.69, 9.17) is 20.1 Å². The van der Waals surface area contributed by atoms with Crippen LogP contribution in [0.25, 0.3) is 0 Å². The third-order valence-corrected chi connectivity index (χ3v) is 1.42. The first-order valence-corrected chi connectivity index (χ1v) is 4.56. The maximum absolute atomic E-state index is 10.0. The maximum Gasteiger partial charge on any atom is 0.503 e. The van der Waals surface area contributed by atoms with Crippen molar-refractivity contribution in [2.75, 3.05) is 0 Å². The average Bonchev–Trinajstić information content (AvgIpc) is 2.10. The Kier molecular flexibility index (Phi) is 10.9. The van der Waals surface area contributed by atoms with Crippen molar-refractivity contribution in [1.82, 2.24) is 0 Å². The molecule has 1 unspecified atom stereocenters. The lowest BCUT2D eigenvalue weighted by atomic mass is 10.1. The molecule has 0 radical (unpaired) electrons. The Bertz CT molecular complexity index is 244. The maximum atomic E-state index is 10.0. The van der Waals surface area contributed by atoms with E-state index in [0.29, 0.717) is 0 Å². The Labute approximate surface area is 88.7 Å². The first-order chi connectivity index (χ1) is 6.90. The highest BCUT2D eigenvalue weighted by Crippen LogP contribution is 2.05. The van der Waals surface area contributed by atoms with Gasteiger partial charge in [0.15, 0.2) is 0 Å². The van der Waals surface area contributed by atoms with E-state index < -0.39 is 12.1 Å². The second-order valence-electron chi connectivity index (χ2n) is 2.90. The zero-order valence-electron chi connectivity index (χ0n) is 8.86. The molecule has 15 heavy (non-hydrogen) atoms. The van der Waals surface area contributed by atoms with Gasteiger partial charge in [-0.25, -0.2) is 9.59 Å². The normalized spacial score (nSPS) is 10.0. The summed E-state index contributed by atoms with van der Waals surface area (Å²) in [5, 5.41) is 22.2. The third kappa shape index (κ3) is 24.5. The molecule has 5 nitrogen and oxygen atoms in total. The van der Waals surface area contributed by atoms with Gasteiger partial charge < -0.3 is 15.3 Å². The molecule has 0 rings (SSSR count). The molecule has 86 valence electrons. The smallest absolute Gasteiger partial charge is 0.472 e. The molecule has 0 fully saturated rings. The van der Waals surface area contributed by atoms with Crippen molar-refractivity contribution in [2.24, 2.45) is 5.92 Å². The summed E-state index contributed by atoms with van der Waals surface area (Å²) in [6.45, 7) is 4.06. The molecular formula is C10H16O5. The van der Waals surface area contributed by atoms with Crippen LogP contribution >= 0.6 is 0 Å². The molecule has 5 heteroatoms. The Morgan fingerprint density at radius 2 is 1.73 bits per heavy atom. The number of hydrogen-bond acceptors (Lipinski definition) is 2. The minimum absolute atomic E-state index is 0.214. The molecule has 0 saturated heterocycles. The summed E-state index contributed by atoms with van der Waals surface area (Å²) in [5.41, 5.74) is 0. The SMILES string of the molecule is CCCCC(C)C#CC(=O)O.O=C(O)O. The minimum atomic E-state index is -1.83. The molecule has 0 aromatic heterocycles. The van der Waals surface area contributed by atoms with Gasteiger partial charge in [-0.3, -0.25) is 0 Å². The number of hydrogen-bond donors (Lipinski definition) is 3. The number of rotatable bonds is 3. The summed E-state index contributed by atoms with van der Waals surface area (Å²) in [6.07, 6.45) is 1.42. The van der Waals surface area contributed by atoms with Crippen molar-refractivity contribution in [2.45, 2.75) is 33.1 Å². The van der Waals surface area contributed by atoms with E-state index in [0.717, 1.165) is 19.3 Å². The standard InChI is InChI=1S/C9H14O2.CH2O3/c1-3-4-5-8(2)6-7-9(10)11;2-1(3)4/h8H,3-5H2,1-2H3,(H,10,11);(H2,2,3,4). The van der Waals surface area contributed by atoms with Gasteiger partial charge in [0.2, 0.25) is 0 Å². The summed E-state index contributed by atoms with van der Waals surface area (Å²) in [4.78, 5) is 18.6. The van der Waals surface area contributed by atoms with Gasteiger partial charge in [-0.1, -0.05) is 32.6 Å². The molecule has 0 bridgehead atoms. The van der Waals surface area contributed by atoms with E-state index in [2.05, 4.69) is 18.8 Å². The van der Waals surface area contributed by atoms with Crippen LogP contribution < -0.4 is 0 Å². The first-order valence-electron chi connectivity index (χ1n) is 4.56. The summed E-state index contributed by atoms with van der Waals surface area (Å²) in [5.74, 6) is 3.97. The van der Waals surface area contributed by atoms with E-state index in [1.165, 1.54) is 0 Å². The molecule has 0 aliphatic heterocycles. The van der Waals surface area contributed by atoms with Crippen LogP contribution in [0.1, 0.15) is 33.1 Å². The second-order valence-corrected chi connectivity index (χ2v) is 2.90. The van der Waals surface area contributed by atoms with Crippen molar-refractivity contribution >= 4 is 12.1 Å². The van der Waals surface area contributed by atoms with Crippen molar-refractivity contribution in [3.63, 3.8) is 0 Å². The first kappa shape index (κ1) is 15.8. The van der Waals surface area contributed by atoms with Gasteiger partial charge in [-0.05, 0) is 6.42 Å². The van der Waals surface area contributed by atoms with Crippen LogP contribution in [0.15, 0.2) is 0 Å². The molecule has 0 aromatic carbocycles. The van der Waals surface area contributed by atoms with Crippen LogP contribution in [0, 0.1) is 17.8 Å². The fourth-order valence-electron chi connectivity index (χ4n) is 0.767. The van der Waals surface area contributed by atoms with Gasteiger partial charge in [0, 0.05) is 11.8 Å². The zero-order valence-corrected chi connectivity index (χ0v) is 8.86. The van der Waals surface area contributed by atoms with Crippen LogP contribution in [-0.4, -0.2) is 27.4 Å². The molecule has 3 N–H and O–H groups in total. The molecule has 0 heterocycles. The topological polar surface area (TPSA) is 94.8 Å². The van der Waals surface area contributed by atoms with Crippen LogP contribution in [0.3, 0.4) is 0 Å². The number of carboxylic acids is 1. The molecule has 0 spiro atoms. The Hall–Kier alpha value is -1.70. The van der Waals surface area contributed by atoms with Gasteiger partial charge in [0.25, 0.3) is 0 Å². The third-order valence-electron chi connectivity index (χ3n) is 1.42. The average molecular weight is 216 g/mol. The summed E-state index contributed by atoms with van der Waals surface area (Å²) in [7, 11) is 0. The predicted molar refractivity (Wildman–Crippen MR) is 54.8 cm³/mol. The van der Waals surface area contributed by atoms with E-state index in [1.54, 1.807) is 0 Å². The second kappa shape index (κ2) is 10.4. The lowest BCUT2D eigenvalue weighted by Gasteiger charge is -1.99. The van der Waals surface area contributed by atoms with Gasteiger partial charge in [0.05, 0.1) is 0 Å². The minimum Gasteiger partial charge on any atom is -0.472 e. The number of carboxylic acid groups (broad SMARTS) is 3. The fraction of sp³-hybridized carbons (Fsp3) is 0.600. The monoisotopic (exact) mass is 216 g/mol. The van der Waals surface area contributed by atoms with E-state index >= 15 is 0 Å². The number of unbranched alkanes of at least 4 members (excludes halogenated alkanes) is 1. The quantitative estimate of drug-likeness (QED) is 0.628. The summed E-state index contributed by atoms with van der Waals surface area (Å²) < 4.78 is 0. The highest BCUT2D eigenvalue weighted by atomic mass is 16.6. The molecule has 0 aliphatic rings. The largest absolute Gasteiger partial charge is 0.503 e. The molecule has 0 aliphatic carbocycles. The van der Waals surface area contributed by atoms with Crippen LogP contribution in [0.5, 0.6) is 0 Å². The Balaban J connectivity index is 0. The fourth-order valence-corrected chi connectivity index (χ4v) is 0.767. The van der Waals surface area contributed by atoms with E-state index in [9.17, 15) is 4.79 Å². The van der Waals surface area contributed by atoms with Gasteiger partial charge >= 0.3 is 12.1 Å². The molecule has 0 aromatic rings. The van der Waals surface area contributed by atoms with Crippen LogP contribution in [0.4, 0.5) is 4.79 Å². The number of aliphatic carboxylic acids is 1. The van der Waals surface area contributed by atoms with E-state index in [1.807, 2.05) is 6.92 Å². The van der Waals surface area contributed by atoms with Crippen LogP contribution in [-0.2, 0) is 4.79 Å². The lowest BCUT2D eigenvalue weighted by Crippen LogP contribution is -1.93. The van der Waals surface area contributed by atoms with Gasteiger partial charge in [-0.2, -0.15) is 0 Å². The van der Waals surface area contributed by atoms with Crippen molar-refractivity contribution < 1.29 is 24.9 Å². The van der Waals surface area contributed by atoms with Crippen molar-refractivity contribution in [3.05, 3.63) is 0 Å². The molecule has 0 amide bonds. The Morgan fingerprint density at radius 1 is 1.27 bits per heavy atom. The molecule has 0 saturated carbocycles. The predicted octanol–water partition coefficient (Wildman–Crippen LogP) is 2.12. The highest BCUT2D eigenvalue weighted by Gasteiger charge is 1.95. The summed E-state index contributed by atoms with van der Waals surface area (Å²) in [6, 6.07) is 0.